The van der Waals surface area contributed by atoms with Gasteiger partial charge in [0.2, 0.25) is 0 Å². The minimum Gasteiger partial charge on any atom is -0.322 e. The number of para-hydroxylation sites is 1. The molecule has 0 atom stereocenters. The van der Waals surface area contributed by atoms with E-state index in [1.165, 1.54) is 0 Å². The van der Waals surface area contributed by atoms with Gasteiger partial charge in [0.25, 0.3) is 0 Å². The predicted octanol–water partition coefficient (Wildman–Crippen LogP) is 1.29. The summed E-state index contributed by atoms with van der Waals surface area (Å²) in [6.45, 7) is 0. The van der Waals surface area contributed by atoms with Gasteiger partial charge in [-0.1, -0.05) is 6.07 Å². The Labute approximate surface area is 86.3 Å². The molecule has 0 aromatic heterocycles. The highest BCUT2D eigenvalue weighted by Gasteiger charge is 2.04. The van der Waals surface area contributed by atoms with Crippen molar-refractivity contribution in [1.82, 2.24) is 0 Å². The lowest BCUT2D eigenvalue weighted by Gasteiger charge is -2.03. The molecule has 0 unspecified atom stereocenters. The van der Waals surface area contributed by atoms with Crippen LogP contribution in [0.3, 0.4) is 0 Å². The van der Waals surface area contributed by atoms with E-state index in [2.05, 4.69) is 5.43 Å². The molecular weight excluding hydrogens is 232 g/mol. The third-order valence-corrected chi connectivity index (χ3v) is 1.45. The van der Waals surface area contributed by atoms with Crippen LogP contribution in [-0.2, 0) is 0 Å². The number of nitrogens with one attached hydrogen (secondary N) is 1. The van der Waals surface area contributed by atoms with Crippen molar-refractivity contribution in [2.24, 2.45) is 5.84 Å². The molecule has 0 amide bonds. The molecule has 3 N–H and O–H groups in total. The molecule has 0 aliphatic carbocycles. The Morgan fingerprint density at radius 2 is 1.62 bits per heavy atom. The van der Waals surface area contributed by atoms with E-state index in [0.29, 0.717) is 16.8 Å². The van der Waals surface area contributed by atoms with Gasteiger partial charge < -0.3 is 5.43 Å². The predicted molar refractivity (Wildman–Crippen MR) is 54.0 cm³/mol. The highest BCUT2D eigenvalue weighted by molar-refractivity contribution is 8.93. The molecule has 0 heterocycles. The lowest BCUT2D eigenvalue weighted by molar-refractivity contribution is 1.32. The zero-order valence-corrected chi connectivity index (χ0v) is 8.33. The van der Waals surface area contributed by atoms with E-state index < -0.39 is 0 Å². The summed E-state index contributed by atoms with van der Waals surface area (Å²) in [6.07, 6.45) is 0. The van der Waals surface area contributed by atoms with Crippen LogP contribution >= 0.6 is 17.0 Å². The summed E-state index contributed by atoms with van der Waals surface area (Å²) < 4.78 is 0. The Hall–Kier alpha value is -1.56. The molecule has 0 aliphatic rings. The topological polar surface area (TPSA) is 85.6 Å². The highest BCUT2D eigenvalue weighted by atomic mass is 79.9. The SMILES string of the molecule is Br.N#Cc1cccc(C#N)c1NN. The van der Waals surface area contributed by atoms with Crippen molar-refractivity contribution >= 4 is 22.7 Å². The molecule has 66 valence electrons. The molecule has 1 rings (SSSR count). The highest BCUT2D eigenvalue weighted by Crippen LogP contribution is 2.17. The fourth-order valence-corrected chi connectivity index (χ4v) is 0.894. The summed E-state index contributed by atoms with van der Waals surface area (Å²) >= 11 is 0. The van der Waals surface area contributed by atoms with Gasteiger partial charge in [-0.3, -0.25) is 5.84 Å². The van der Waals surface area contributed by atoms with E-state index >= 15 is 0 Å². The fraction of sp³-hybridized carbons (Fsp3) is 0. The maximum Gasteiger partial charge on any atom is 0.101 e. The van der Waals surface area contributed by atoms with Crippen LogP contribution in [0.15, 0.2) is 18.2 Å². The molecule has 0 spiro atoms. The van der Waals surface area contributed by atoms with Crippen molar-refractivity contribution in [1.29, 1.82) is 10.5 Å². The number of halogens is 1. The standard InChI is InChI=1S/C8H6N4.BrH/c9-4-6-2-1-3-7(5-10)8(6)12-11;/h1-3,12H,11H2;1H. The second-order valence-corrected chi connectivity index (χ2v) is 2.10. The second-order valence-electron chi connectivity index (χ2n) is 2.10. The first kappa shape index (κ1) is 11.4. The first-order valence-corrected chi connectivity index (χ1v) is 3.23. The largest absolute Gasteiger partial charge is 0.322 e. The first-order valence-electron chi connectivity index (χ1n) is 3.23. The summed E-state index contributed by atoms with van der Waals surface area (Å²) in [5.74, 6) is 5.15. The maximum atomic E-state index is 8.61. The molecule has 0 fully saturated rings. The molecule has 1 aromatic carbocycles. The molecule has 0 saturated heterocycles. The number of nitrogen functional groups attached to an aromatic ring is 1. The number of nitrogens with two attached hydrogens (primary N) is 1. The van der Waals surface area contributed by atoms with Gasteiger partial charge in [-0.25, -0.2) is 0 Å². The van der Waals surface area contributed by atoms with Crippen molar-refractivity contribution in [3.8, 4) is 12.1 Å². The molecule has 0 aliphatic heterocycles. The van der Waals surface area contributed by atoms with Crippen molar-refractivity contribution in [3.63, 3.8) is 0 Å². The number of nitrogens with zero attached hydrogens (tertiary/aromatic N) is 2. The Bertz CT molecular complexity index is 342. The van der Waals surface area contributed by atoms with Gasteiger partial charge in [-0.2, -0.15) is 10.5 Å². The Morgan fingerprint density at radius 3 is 1.92 bits per heavy atom. The van der Waals surface area contributed by atoms with E-state index in [9.17, 15) is 0 Å². The molecule has 1 aromatic rings. The molecule has 0 bridgehead atoms. The van der Waals surface area contributed by atoms with E-state index in [1.807, 2.05) is 12.1 Å². The van der Waals surface area contributed by atoms with Gasteiger partial charge in [0.1, 0.15) is 12.1 Å². The fourth-order valence-electron chi connectivity index (χ4n) is 0.894. The number of nitriles is 2. The Kier molecular flexibility index (Phi) is 4.53. The average molecular weight is 239 g/mol. The monoisotopic (exact) mass is 238 g/mol. The lowest BCUT2D eigenvalue weighted by atomic mass is 10.1. The van der Waals surface area contributed by atoms with Crippen LogP contribution in [0.2, 0.25) is 0 Å². The number of benzene rings is 1. The summed E-state index contributed by atoms with van der Waals surface area (Å²) in [5.41, 5.74) is 3.44. The van der Waals surface area contributed by atoms with Crippen molar-refractivity contribution in [3.05, 3.63) is 29.3 Å². The third-order valence-electron chi connectivity index (χ3n) is 1.45. The van der Waals surface area contributed by atoms with Gasteiger partial charge in [0.05, 0.1) is 16.8 Å². The zero-order valence-electron chi connectivity index (χ0n) is 6.61. The lowest BCUT2D eigenvalue weighted by Crippen LogP contribution is -2.09. The zero-order chi connectivity index (χ0) is 8.97. The summed E-state index contributed by atoms with van der Waals surface area (Å²) in [4.78, 5) is 0. The molecular formula is C8H7BrN4. The number of hydrogen-bond donors (Lipinski definition) is 2. The van der Waals surface area contributed by atoms with Crippen molar-refractivity contribution in [2.45, 2.75) is 0 Å². The van der Waals surface area contributed by atoms with Crippen molar-refractivity contribution < 1.29 is 0 Å². The van der Waals surface area contributed by atoms with Crippen LogP contribution in [0.1, 0.15) is 11.1 Å². The van der Waals surface area contributed by atoms with Crippen LogP contribution in [0, 0.1) is 22.7 Å². The van der Waals surface area contributed by atoms with Crippen molar-refractivity contribution in [2.75, 3.05) is 5.43 Å². The minimum atomic E-state index is 0. The Morgan fingerprint density at radius 1 is 1.15 bits per heavy atom. The van der Waals surface area contributed by atoms with Crippen LogP contribution in [0.5, 0.6) is 0 Å². The van der Waals surface area contributed by atoms with E-state index in [0.717, 1.165) is 0 Å². The smallest absolute Gasteiger partial charge is 0.101 e. The van der Waals surface area contributed by atoms with Gasteiger partial charge in [0, 0.05) is 0 Å². The molecule has 5 heteroatoms. The molecule has 0 radical (unpaired) electrons. The minimum absolute atomic E-state index is 0. The second kappa shape index (κ2) is 5.15. The Balaban J connectivity index is 0.00000144. The van der Waals surface area contributed by atoms with Crippen LogP contribution in [0.4, 0.5) is 5.69 Å². The van der Waals surface area contributed by atoms with Gasteiger partial charge in [-0.15, -0.1) is 17.0 Å². The van der Waals surface area contributed by atoms with E-state index in [4.69, 9.17) is 16.4 Å². The normalized spacial score (nSPS) is 7.62. The third kappa shape index (κ3) is 2.19. The van der Waals surface area contributed by atoms with Crippen LogP contribution in [0.25, 0.3) is 0 Å². The van der Waals surface area contributed by atoms with E-state index in [-0.39, 0.29) is 17.0 Å². The first-order chi connectivity index (χ1) is 5.83. The van der Waals surface area contributed by atoms with Gasteiger partial charge in [-0.05, 0) is 12.1 Å². The number of rotatable bonds is 1. The molecule has 13 heavy (non-hydrogen) atoms. The quantitative estimate of drug-likeness (QED) is 0.571. The number of anilines is 1. The molecule has 0 saturated carbocycles. The summed E-state index contributed by atoms with van der Waals surface area (Å²) in [7, 11) is 0. The van der Waals surface area contributed by atoms with Gasteiger partial charge in [0.15, 0.2) is 0 Å². The number of hydrazine groups is 1. The summed E-state index contributed by atoms with van der Waals surface area (Å²) in [6, 6.07) is 8.68. The van der Waals surface area contributed by atoms with Crippen LogP contribution < -0.4 is 11.3 Å². The van der Waals surface area contributed by atoms with Crippen LogP contribution in [-0.4, -0.2) is 0 Å². The maximum absolute atomic E-state index is 8.61. The number of hydrogen-bond acceptors (Lipinski definition) is 4. The summed E-state index contributed by atoms with van der Waals surface area (Å²) in [5, 5.41) is 17.2. The van der Waals surface area contributed by atoms with E-state index in [1.54, 1.807) is 18.2 Å². The average Bonchev–Trinajstić information content (AvgIpc) is 2.16. The van der Waals surface area contributed by atoms with Gasteiger partial charge >= 0.3 is 0 Å². The molecule has 4 nitrogen and oxygen atoms in total.